The number of carbonyl (C=O) groups excluding carboxylic acids is 2. The van der Waals surface area contributed by atoms with Gasteiger partial charge in [0.15, 0.2) is 0 Å². The monoisotopic (exact) mass is 454 g/mol. The van der Waals surface area contributed by atoms with E-state index in [9.17, 15) is 9.59 Å². The molecule has 0 bridgehead atoms. The van der Waals surface area contributed by atoms with Crippen LogP contribution in [-0.4, -0.2) is 56.0 Å². The summed E-state index contributed by atoms with van der Waals surface area (Å²) in [4.78, 5) is 35.2. The number of pyridine rings is 1. The molecule has 1 atom stereocenters. The lowest BCUT2D eigenvalue weighted by Crippen LogP contribution is -2.38. The third-order valence-electron chi connectivity index (χ3n) is 7.06. The Morgan fingerprint density at radius 1 is 1.15 bits per heavy atom. The van der Waals surface area contributed by atoms with Crippen LogP contribution in [0.1, 0.15) is 52.1 Å². The van der Waals surface area contributed by atoms with Crippen molar-refractivity contribution in [3.63, 3.8) is 0 Å². The van der Waals surface area contributed by atoms with Crippen molar-refractivity contribution in [2.24, 2.45) is 0 Å². The fourth-order valence-corrected chi connectivity index (χ4v) is 5.45. The number of likely N-dealkylation sites (tertiary alicyclic amines) is 1. The Morgan fingerprint density at radius 3 is 2.85 bits per heavy atom. The highest BCUT2D eigenvalue weighted by atomic mass is 16.2. The molecule has 1 aliphatic heterocycles. The lowest BCUT2D eigenvalue weighted by Gasteiger charge is -2.30. The first-order chi connectivity index (χ1) is 16.4. The molecule has 4 heterocycles. The normalized spacial score (nSPS) is 18.5. The van der Waals surface area contributed by atoms with Crippen LogP contribution in [0.4, 0.5) is 0 Å². The van der Waals surface area contributed by atoms with E-state index in [1.807, 2.05) is 24.4 Å². The van der Waals surface area contributed by atoms with Crippen molar-refractivity contribution in [3.8, 4) is 11.4 Å². The first-order valence-electron chi connectivity index (χ1n) is 11.6. The van der Waals surface area contributed by atoms with Crippen molar-refractivity contribution < 1.29 is 9.59 Å². The molecular weight excluding hydrogens is 428 g/mol. The van der Waals surface area contributed by atoms with E-state index < -0.39 is 0 Å². The van der Waals surface area contributed by atoms with Crippen LogP contribution in [0.5, 0.6) is 0 Å². The second kappa shape index (κ2) is 7.55. The zero-order valence-corrected chi connectivity index (χ0v) is 19.2. The number of nitrogens with one attached hydrogen (secondary N) is 3. The Morgan fingerprint density at radius 2 is 2.03 bits per heavy atom. The van der Waals surface area contributed by atoms with Crippen molar-refractivity contribution in [1.29, 1.82) is 0 Å². The van der Waals surface area contributed by atoms with Gasteiger partial charge in [-0.1, -0.05) is 13.8 Å². The zero-order chi connectivity index (χ0) is 23.4. The summed E-state index contributed by atoms with van der Waals surface area (Å²) in [5.74, 6) is -0.168. The quantitative estimate of drug-likeness (QED) is 0.441. The first kappa shape index (κ1) is 20.7. The van der Waals surface area contributed by atoms with Crippen molar-refractivity contribution in [2.45, 2.75) is 38.1 Å². The molecule has 1 aliphatic carbocycles. The molecule has 1 aromatic carbocycles. The molecule has 1 unspecified atom stereocenters. The van der Waals surface area contributed by atoms with E-state index in [1.165, 1.54) is 11.1 Å². The number of carbonyl (C=O) groups is 2. The van der Waals surface area contributed by atoms with Gasteiger partial charge in [-0.2, -0.15) is 5.10 Å². The van der Waals surface area contributed by atoms with Gasteiger partial charge in [0.1, 0.15) is 0 Å². The fourth-order valence-electron chi connectivity index (χ4n) is 5.45. The van der Waals surface area contributed by atoms with Crippen molar-refractivity contribution in [2.75, 3.05) is 13.1 Å². The zero-order valence-electron chi connectivity index (χ0n) is 19.2. The summed E-state index contributed by atoms with van der Waals surface area (Å²) in [5.41, 5.74) is 6.61. The summed E-state index contributed by atoms with van der Waals surface area (Å²) < 4.78 is 0. The molecule has 3 N–H and O–H groups in total. The number of aromatic nitrogens is 4. The second-order valence-corrected chi connectivity index (χ2v) is 9.92. The van der Waals surface area contributed by atoms with Crippen molar-refractivity contribution in [1.82, 2.24) is 30.4 Å². The topological polar surface area (TPSA) is 107 Å². The maximum Gasteiger partial charge on any atom is 0.255 e. The molecule has 34 heavy (non-hydrogen) atoms. The van der Waals surface area contributed by atoms with Crippen LogP contribution in [0.2, 0.25) is 0 Å². The molecule has 4 aromatic rings. The Kier molecular flexibility index (Phi) is 4.58. The van der Waals surface area contributed by atoms with Gasteiger partial charge in [-0.3, -0.25) is 19.7 Å². The molecule has 0 saturated carbocycles. The van der Waals surface area contributed by atoms with E-state index in [2.05, 4.69) is 39.3 Å². The van der Waals surface area contributed by atoms with Crippen LogP contribution in [0, 0.1) is 0 Å². The van der Waals surface area contributed by atoms with E-state index in [-0.39, 0.29) is 23.3 Å². The number of benzene rings is 1. The molecule has 1 saturated heterocycles. The average molecular weight is 455 g/mol. The predicted octanol–water partition coefficient (Wildman–Crippen LogP) is 3.43. The van der Waals surface area contributed by atoms with E-state index >= 15 is 0 Å². The molecule has 8 nitrogen and oxygen atoms in total. The highest BCUT2D eigenvalue weighted by molar-refractivity contribution is 6.01. The largest absolute Gasteiger partial charge is 0.353 e. The Bertz CT molecular complexity index is 1420. The maximum atomic E-state index is 13.1. The highest BCUT2D eigenvalue weighted by Crippen LogP contribution is 2.45. The number of hydrogen-bond donors (Lipinski definition) is 3. The van der Waals surface area contributed by atoms with E-state index in [4.69, 9.17) is 0 Å². The molecule has 3 aromatic heterocycles. The molecule has 1 fully saturated rings. The summed E-state index contributed by atoms with van der Waals surface area (Å²) in [6.07, 6.45) is 6.74. The van der Waals surface area contributed by atoms with Crippen LogP contribution in [-0.2, 0) is 11.8 Å². The number of H-pyrrole nitrogens is 2. The number of amides is 2. The number of fused-ring (bicyclic) bond motifs is 5. The molecule has 2 amide bonds. The van der Waals surface area contributed by atoms with Crippen LogP contribution in [0.15, 0.2) is 48.9 Å². The van der Waals surface area contributed by atoms with E-state index in [0.717, 1.165) is 35.1 Å². The minimum Gasteiger partial charge on any atom is -0.353 e. The molecule has 6 rings (SSSR count). The van der Waals surface area contributed by atoms with Gasteiger partial charge in [-0.05, 0) is 54.2 Å². The predicted molar refractivity (Wildman–Crippen MR) is 129 cm³/mol. The number of rotatable bonds is 3. The smallest absolute Gasteiger partial charge is 0.255 e. The molecule has 172 valence electrons. The number of aromatic amines is 2. The Labute approximate surface area is 196 Å². The number of hydrogen-bond acceptors (Lipinski definition) is 4. The Hall–Kier alpha value is -3.94. The SMILES string of the molecule is CC1(C)Cc2cn[nH]c2-c2[nH]c3ccc(C(=O)NC4CCN(C(=O)c5cccnc5)C4)cc3c21. The van der Waals surface area contributed by atoms with Gasteiger partial charge in [0, 0.05) is 53.6 Å². The summed E-state index contributed by atoms with van der Waals surface area (Å²) >= 11 is 0. The second-order valence-electron chi connectivity index (χ2n) is 9.92. The van der Waals surface area contributed by atoms with Gasteiger partial charge < -0.3 is 15.2 Å². The van der Waals surface area contributed by atoms with E-state index in [1.54, 1.807) is 29.4 Å². The minimum atomic E-state index is -0.117. The van der Waals surface area contributed by atoms with Gasteiger partial charge in [0.2, 0.25) is 0 Å². The highest BCUT2D eigenvalue weighted by Gasteiger charge is 2.36. The lowest BCUT2D eigenvalue weighted by atomic mass is 9.73. The minimum absolute atomic E-state index is 0.0503. The van der Waals surface area contributed by atoms with Crippen LogP contribution in [0.3, 0.4) is 0 Å². The molecule has 0 spiro atoms. The standard InChI is InChI=1S/C26H26N6O2/c1-26(2)11-17-13-28-31-22(17)23-21(26)19-10-15(5-6-20(19)30-23)24(33)29-18-7-9-32(14-18)25(34)16-4-3-8-27-12-16/h3-6,8,10,12-13,18,30H,7,9,11,14H2,1-2H3,(H,28,31)(H,29,33). The van der Waals surface area contributed by atoms with Crippen LogP contribution in [0.25, 0.3) is 22.3 Å². The van der Waals surface area contributed by atoms with Crippen LogP contribution >= 0.6 is 0 Å². The molecule has 2 aliphatic rings. The third kappa shape index (κ3) is 3.29. The summed E-state index contributed by atoms with van der Waals surface area (Å²) in [5, 5.41) is 11.6. The van der Waals surface area contributed by atoms with Crippen LogP contribution < -0.4 is 5.32 Å². The number of nitrogens with zero attached hydrogens (tertiary/aromatic N) is 3. The van der Waals surface area contributed by atoms with Gasteiger partial charge in [-0.15, -0.1) is 0 Å². The van der Waals surface area contributed by atoms with E-state index in [0.29, 0.717) is 24.2 Å². The summed E-state index contributed by atoms with van der Waals surface area (Å²) in [6.45, 7) is 5.57. The van der Waals surface area contributed by atoms with Crippen molar-refractivity contribution in [3.05, 3.63) is 71.2 Å². The van der Waals surface area contributed by atoms with Gasteiger partial charge in [0.25, 0.3) is 11.8 Å². The van der Waals surface area contributed by atoms with Gasteiger partial charge in [-0.25, -0.2) is 0 Å². The Balaban J connectivity index is 1.23. The van der Waals surface area contributed by atoms with Gasteiger partial charge in [0.05, 0.1) is 23.1 Å². The maximum absolute atomic E-state index is 13.1. The fraction of sp³-hybridized carbons (Fsp3) is 0.308. The molecule has 8 heteroatoms. The van der Waals surface area contributed by atoms with Gasteiger partial charge >= 0.3 is 0 Å². The lowest BCUT2D eigenvalue weighted by molar-refractivity contribution is 0.0782. The third-order valence-corrected chi connectivity index (χ3v) is 7.06. The summed E-state index contributed by atoms with van der Waals surface area (Å²) in [7, 11) is 0. The summed E-state index contributed by atoms with van der Waals surface area (Å²) in [6, 6.07) is 9.26. The first-order valence-corrected chi connectivity index (χ1v) is 11.6. The van der Waals surface area contributed by atoms with Crippen molar-refractivity contribution >= 4 is 22.7 Å². The average Bonchev–Trinajstić information content (AvgIpc) is 3.56. The molecule has 0 radical (unpaired) electrons. The molecular formula is C26H26N6O2.